The van der Waals surface area contributed by atoms with Gasteiger partial charge in [-0.05, 0) is 19.8 Å². The maximum absolute atomic E-state index is 12.7. The number of piperazine rings is 1. The molecule has 2 aliphatic rings. The first-order chi connectivity index (χ1) is 9.24. The van der Waals surface area contributed by atoms with Gasteiger partial charge < -0.3 is 10.6 Å². The van der Waals surface area contributed by atoms with Gasteiger partial charge in [-0.1, -0.05) is 12.8 Å². The zero-order chi connectivity index (χ0) is 15.0. The molecule has 0 radical (unpaired) electrons. The van der Waals surface area contributed by atoms with E-state index in [1.165, 1.54) is 11.8 Å². The first kappa shape index (κ1) is 15.6. The molecule has 1 amide bonds. The molecule has 20 heavy (non-hydrogen) atoms. The smallest absolute Gasteiger partial charge is 0.339 e. The van der Waals surface area contributed by atoms with Gasteiger partial charge in [-0.15, -0.1) is 0 Å². The van der Waals surface area contributed by atoms with E-state index < -0.39 is 17.8 Å². The molecule has 1 heterocycles. The van der Waals surface area contributed by atoms with Crippen LogP contribution in [0.1, 0.15) is 32.6 Å². The highest BCUT2D eigenvalue weighted by Crippen LogP contribution is 2.30. The average molecular weight is 293 g/mol. The highest BCUT2D eigenvalue weighted by molar-refractivity contribution is 5.86. The van der Waals surface area contributed by atoms with Gasteiger partial charge in [0.2, 0.25) is 5.91 Å². The van der Waals surface area contributed by atoms with Crippen LogP contribution in [0.2, 0.25) is 0 Å². The average Bonchev–Trinajstić information content (AvgIpc) is 2.84. The van der Waals surface area contributed by atoms with E-state index in [-0.39, 0.29) is 19.0 Å². The third-order valence-corrected chi connectivity index (χ3v) is 4.54. The second-order valence-corrected chi connectivity index (χ2v) is 5.91. The highest BCUT2D eigenvalue weighted by atomic mass is 19.4. The molecule has 0 spiro atoms. The monoisotopic (exact) mass is 293 g/mol. The molecule has 2 N–H and O–H groups in total. The fourth-order valence-corrected chi connectivity index (χ4v) is 3.05. The summed E-state index contributed by atoms with van der Waals surface area (Å²) in [6.45, 7) is 2.33. The molecule has 116 valence electrons. The van der Waals surface area contributed by atoms with Crippen LogP contribution in [0.5, 0.6) is 0 Å². The summed E-state index contributed by atoms with van der Waals surface area (Å²) in [7, 11) is 0. The molecule has 2 rings (SSSR count). The van der Waals surface area contributed by atoms with Gasteiger partial charge in [0.15, 0.2) is 0 Å². The number of hydrogen-bond acceptors (Lipinski definition) is 3. The fraction of sp³-hybridized carbons (Fsp3) is 0.923. The molecule has 1 atom stereocenters. The molecule has 0 bridgehead atoms. The zero-order valence-electron chi connectivity index (χ0n) is 11.7. The Hall–Kier alpha value is -0.820. The molecule has 0 aromatic rings. The van der Waals surface area contributed by atoms with E-state index in [9.17, 15) is 18.0 Å². The molecule has 7 heteroatoms. The SMILES string of the molecule is CC(N1CCN(C(=O)C2(N)CCCC2)CC1)C(F)(F)F. The van der Waals surface area contributed by atoms with E-state index >= 15 is 0 Å². The Balaban J connectivity index is 1.90. The maximum atomic E-state index is 12.7. The van der Waals surface area contributed by atoms with E-state index in [2.05, 4.69) is 0 Å². The van der Waals surface area contributed by atoms with Crippen molar-refractivity contribution in [2.24, 2.45) is 5.73 Å². The van der Waals surface area contributed by atoms with Crippen LogP contribution in [-0.4, -0.2) is 59.6 Å². The summed E-state index contributed by atoms with van der Waals surface area (Å²) in [5.74, 6) is -0.0886. The van der Waals surface area contributed by atoms with Crippen LogP contribution in [0.4, 0.5) is 13.2 Å². The van der Waals surface area contributed by atoms with Crippen LogP contribution in [0.25, 0.3) is 0 Å². The topological polar surface area (TPSA) is 49.6 Å². The van der Waals surface area contributed by atoms with Crippen molar-refractivity contribution in [2.75, 3.05) is 26.2 Å². The van der Waals surface area contributed by atoms with Gasteiger partial charge in [0.1, 0.15) is 6.04 Å². The Morgan fingerprint density at radius 1 is 1.15 bits per heavy atom. The van der Waals surface area contributed by atoms with E-state index in [0.29, 0.717) is 25.9 Å². The van der Waals surface area contributed by atoms with Gasteiger partial charge in [-0.2, -0.15) is 13.2 Å². The number of halogens is 3. The fourth-order valence-electron chi connectivity index (χ4n) is 3.05. The molecule has 4 nitrogen and oxygen atoms in total. The lowest BCUT2D eigenvalue weighted by Gasteiger charge is -2.40. The number of hydrogen-bond donors (Lipinski definition) is 1. The van der Waals surface area contributed by atoms with Crippen molar-refractivity contribution < 1.29 is 18.0 Å². The Kier molecular flexibility index (Phi) is 4.30. The summed E-state index contributed by atoms with van der Waals surface area (Å²) in [5.41, 5.74) is 5.33. The van der Waals surface area contributed by atoms with Crippen LogP contribution >= 0.6 is 0 Å². The standard InChI is InChI=1S/C13H22F3N3O/c1-10(13(14,15)16)18-6-8-19(9-7-18)11(20)12(17)4-2-3-5-12/h10H,2-9,17H2,1H3. The second-order valence-electron chi connectivity index (χ2n) is 5.91. The minimum absolute atomic E-state index is 0.0886. The van der Waals surface area contributed by atoms with E-state index in [4.69, 9.17) is 5.73 Å². The summed E-state index contributed by atoms with van der Waals surface area (Å²) in [5, 5.41) is 0. The zero-order valence-corrected chi connectivity index (χ0v) is 11.7. The number of rotatable bonds is 2. The van der Waals surface area contributed by atoms with E-state index in [1.54, 1.807) is 4.90 Å². The van der Waals surface area contributed by atoms with E-state index in [1.807, 2.05) is 0 Å². The van der Waals surface area contributed by atoms with Gasteiger partial charge in [-0.25, -0.2) is 0 Å². The van der Waals surface area contributed by atoms with Crippen molar-refractivity contribution in [1.29, 1.82) is 0 Å². The van der Waals surface area contributed by atoms with Crippen LogP contribution < -0.4 is 5.73 Å². The number of carbonyl (C=O) groups is 1. The maximum Gasteiger partial charge on any atom is 0.403 e. The number of alkyl halides is 3. The van der Waals surface area contributed by atoms with Crippen LogP contribution in [0.15, 0.2) is 0 Å². The van der Waals surface area contributed by atoms with Crippen molar-refractivity contribution >= 4 is 5.91 Å². The van der Waals surface area contributed by atoms with Crippen molar-refractivity contribution in [3.63, 3.8) is 0 Å². The van der Waals surface area contributed by atoms with Crippen molar-refractivity contribution in [2.45, 2.75) is 50.4 Å². The second kappa shape index (κ2) is 5.52. The Labute approximate surface area is 117 Å². The lowest BCUT2D eigenvalue weighted by atomic mass is 9.96. The molecule has 1 aliphatic heterocycles. The third-order valence-electron chi connectivity index (χ3n) is 4.54. The molecule has 0 aromatic heterocycles. The molecule has 2 fully saturated rings. The lowest BCUT2D eigenvalue weighted by Crippen LogP contribution is -2.60. The summed E-state index contributed by atoms with van der Waals surface area (Å²) in [4.78, 5) is 15.4. The molecule has 1 saturated carbocycles. The van der Waals surface area contributed by atoms with Gasteiger partial charge in [0.25, 0.3) is 0 Å². The molecule has 0 aromatic carbocycles. The third kappa shape index (κ3) is 3.09. The quantitative estimate of drug-likeness (QED) is 0.836. The summed E-state index contributed by atoms with van der Waals surface area (Å²) >= 11 is 0. The van der Waals surface area contributed by atoms with E-state index in [0.717, 1.165) is 12.8 Å². The minimum atomic E-state index is -4.22. The summed E-state index contributed by atoms with van der Waals surface area (Å²) in [6, 6.07) is -1.46. The molecule has 1 unspecified atom stereocenters. The number of nitrogens with two attached hydrogens (primary N) is 1. The first-order valence-corrected chi connectivity index (χ1v) is 7.13. The van der Waals surface area contributed by atoms with Gasteiger partial charge in [-0.3, -0.25) is 9.69 Å². The van der Waals surface area contributed by atoms with Crippen LogP contribution in [0, 0.1) is 0 Å². The molecule has 1 saturated heterocycles. The number of amides is 1. The first-order valence-electron chi connectivity index (χ1n) is 7.13. The number of nitrogens with zero attached hydrogens (tertiary/aromatic N) is 2. The van der Waals surface area contributed by atoms with Crippen molar-refractivity contribution in [3.05, 3.63) is 0 Å². The van der Waals surface area contributed by atoms with Crippen molar-refractivity contribution in [1.82, 2.24) is 9.80 Å². The highest BCUT2D eigenvalue weighted by Gasteiger charge is 2.44. The Morgan fingerprint density at radius 3 is 2.10 bits per heavy atom. The lowest BCUT2D eigenvalue weighted by molar-refractivity contribution is -0.183. The summed E-state index contributed by atoms with van der Waals surface area (Å²) < 4.78 is 38.0. The molecular formula is C13H22F3N3O. The molecular weight excluding hydrogens is 271 g/mol. The van der Waals surface area contributed by atoms with Gasteiger partial charge in [0, 0.05) is 26.2 Å². The van der Waals surface area contributed by atoms with Crippen LogP contribution in [-0.2, 0) is 4.79 Å². The Morgan fingerprint density at radius 2 is 1.65 bits per heavy atom. The number of carbonyl (C=O) groups excluding carboxylic acids is 1. The largest absolute Gasteiger partial charge is 0.403 e. The van der Waals surface area contributed by atoms with Gasteiger partial charge >= 0.3 is 6.18 Å². The van der Waals surface area contributed by atoms with Crippen LogP contribution in [0.3, 0.4) is 0 Å². The minimum Gasteiger partial charge on any atom is -0.339 e. The predicted molar refractivity (Wildman–Crippen MR) is 69.1 cm³/mol. The van der Waals surface area contributed by atoms with Gasteiger partial charge in [0.05, 0.1) is 5.54 Å². The summed E-state index contributed by atoms with van der Waals surface area (Å²) in [6.07, 6.45) is -0.941. The molecule has 1 aliphatic carbocycles. The normalized spacial score (nSPS) is 25.8. The predicted octanol–water partition coefficient (Wildman–Crippen LogP) is 1.35. The van der Waals surface area contributed by atoms with Crippen molar-refractivity contribution in [3.8, 4) is 0 Å². The Bertz CT molecular complexity index is 358.